The number of nitrogens with two attached hydrogens (primary N) is 1. The van der Waals surface area contributed by atoms with Crippen molar-refractivity contribution in [3.8, 4) is 0 Å². The molecule has 2 aromatic rings. The summed E-state index contributed by atoms with van der Waals surface area (Å²) < 4.78 is 36.3. The summed E-state index contributed by atoms with van der Waals surface area (Å²) in [6.07, 6.45) is 0. The molecule has 4 nitrogen and oxygen atoms in total. The molecule has 0 saturated heterocycles. The van der Waals surface area contributed by atoms with Crippen LogP contribution >= 0.6 is 15.9 Å². The molecule has 0 amide bonds. The van der Waals surface area contributed by atoms with Gasteiger partial charge in [0, 0.05) is 22.3 Å². The number of benzene rings is 2. The molecule has 0 spiro atoms. The Hall–Kier alpha value is -1.44. The number of rotatable bonds is 5. The van der Waals surface area contributed by atoms with Crippen LogP contribution in [0.4, 0.5) is 10.1 Å². The maximum Gasteiger partial charge on any atom is 0.213 e. The van der Waals surface area contributed by atoms with Crippen LogP contribution in [0.1, 0.15) is 11.1 Å². The van der Waals surface area contributed by atoms with Gasteiger partial charge in [0.25, 0.3) is 0 Å². The Morgan fingerprint density at radius 2 is 1.81 bits per heavy atom. The number of sulfonamides is 1. The molecule has 0 fully saturated rings. The fraction of sp³-hybridized carbons (Fsp3) is 0.143. The summed E-state index contributed by atoms with van der Waals surface area (Å²) in [5.41, 5.74) is 1.93. The van der Waals surface area contributed by atoms with Crippen molar-refractivity contribution in [2.24, 2.45) is 5.14 Å². The predicted molar refractivity (Wildman–Crippen MR) is 84.7 cm³/mol. The molecule has 0 aliphatic heterocycles. The first kappa shape index (κ1) is 15.9. The molecule has 2 rings (SSSR count). The summed E-state index contributed by atoms with van der Waals surface area (Å²) in [5, 5.41) is 8.06. The van der Waals surface area contributed by atoms with Crippen LogP contribution in [0.5, 0.6) is 0 Å². The van der Waals surface area contributed by atoms with E-state index in [2.05, 4.69) is 21.2 Å². The summed E-state index contributed by atoms with van der Waals surface area (Å²) in [6.45, 7) is 0.341. The molecule has 0 radical (unpaired) electrons. The van der Waals surface area contributed by atoms with E-state index in [0.717, 1.165) is 5.69 Å². The van der Waals surface area contributed by atoms with Gasteiger partial charge in [-0.3, -0.25) is 0 Å². The predicted octanol–water partition coefficient (Wildman–Crippen LogP) is 2.99. The normalized spacial score (nSPS) is 11.4. The molecular formula is C14H14BrFN2O2S. The van der Waals surface area contributed by atoms with E-state index in [1.54, 1.807) is 36.4 Å². The van der Waals surface area contributed by atoms with Gasteiger partial charge < -0.3 is 5.32 Å². The minimum absolute atomic E-state index is 0.200. The highest BCUT2D eigenvalue weighted by molar-refractivity contribution is 9.10. The van der Waals surface area contributed by atoms with Gasteiger partial charge in [-0.15, -0.1) is 0 Å². The van der Waals surface area contributed by atoms with Crippen molar-refractivity contribution >= 4 is 31.6 Å². The van der Waals surface area contributed by atoms with E-state index in [1.165, 1.54) is 6.07 Å². The van der Waals surface area contributed by atoms with Crippen molar-refractivity contribution in [2.75, 3.05) is 5.32 Å². The number of halogens is 2. The first-order valence-electron chi connectivity index (χ1n) is 6.11. The van der Waals surface area contributed by atoms with Gasteiger partial charge in [-0.1, -0.05) is 34.1 Å². The molecule has 0 aromatic heterocycles. The quantitative estimate of drug-likeness (QED) is 0.847. The van der Waals surface area contributed by atoms with Crippen LogP contribution in [0, 0.1) is 5.82 Å². The van der Waals surface area contributed by atoms with Gasteiger partial charge in [-0.05, 0) is 29.8 Å². The van der Waals surface area contributed by atoms with Crippen LogP contribution in [-0.2, 0) is 22.3 Å². The van der Waals surface area contributed by atoms with Gasteiger partial charge in [-0.25, -0.2) is 17.9 Å². The molecule has 0 saturated carbocycles. The lowest BCUT2D eigenvalue weighted by atomic mass is 10.2. The summed E-state index contributed by atoms with van der Waals surface area (Å²) in [6, 6.07) is 11.7. The zero-order valence-electron chi connectivity index (χ0n) is 11.0. The lowest BCUT2D eigenvalue weighted by Crippen LogP contribution is -2.14. The average molecular weight is 373 g/mol. The average Bonchev–Trinajstić information content (AvgIpc) is 2.38. The molecule has 112 valence electrons. The lowest BCUT2D eigenvalue weighted by Gasteiger charge is -2.08. The zero-order chi connectivity index (χ0) is 15.5. The Bertz CT molecular complexity index is 733. The number of anilines is 1. The van der Waals surface area contributed by atoms with Crippen LogP contribution in [0.25, 0.3) is 0 Å². The molecule has 2 aromatic carbocycles. The summed E-state index contributed by atoms with van der Waals surface area (Å²) in [5.74, 6) is -0.489. The van der Waals surface area contributed by atoms with Gasteiger partial charge in [0.15, 0.2) is 0 Å². The number of nitrogens with one attached hydrogen (secondary N) is 1. The second-order valence-corrected chi connectivity index (χ2v) is 7.12. The summed E-state index contributed by atoms with van der Waals surface area (Å²) in [7, 11) is -3.53. The van der Waals surface area contributed by atoms with Gasteiger partial charge >= 0.3 is 0 Å². The summed E-state index contributed by atoms with van der Waals surface area (Å²) >= 11 is 3.20. The fourth-order valence-electron chi connectivity index (χ4n) is 1.81. The highest BCUT2D eigenvalue weighted by Gasteiger charge is 2.05. The molecular weight excluding hydrogens is 359 g/mol. The second kappa shape index (κ2) is 6.55. The molecule has 0 bridgehead atoms. The smallest absolute Gasteiger partial charge is 0.213 e. The van der Waals surface area contributed by atoms with Crippen molar-refractivity contribution in [1.29, 1.82) is 0 Å². The molecule has 0 heterocycles. The monoisotopic (exact) mass is 372 g/mol. The highest BCUT2D eigenvalue weighted by Crippen LogP contribution is 2.17. The van der Waals surface area contributed by atoms with Gasteiger partial charge in [0.1, 0.15) is 5.82 Å². The van der Waals surface area contributed by atoms with Gasteiger partial charge in [0.2, 0.25) is 10.0 Å². The van der Waals surface area contributed by atoms with E-state index < -0.39 is 10.0 Å². The van der Waals surface area contributed by atoms with E-state index in [1.807, 2.05) is 0 Å². The number of primary sulfonamides is 1. The van der Waals surface area contributed by atoms with Crippen molar-refractivity contribution in [3.63, 3.8) is 0 Å². The van der Waals surface area contributed by atoms with E-state index in [0.29, 0.717) is 22.1 Å². The molecule has 0 aliphatic carbocycles. The maximum atomic E-state index is 13.7. The standard InChI is InChI=1S/C14H14BrFN2O2S/c15-12-4-3-11(14(16)7-12)8-18-13-5-1-10(2-6-13)9-21(17,19)20/h1-7,18H,8-9H2,(H2,17,19,20). The van der Waals surface area contributed by atoms with E-state index in [9.17, 15) is 12.8 Å². The molecule has 0 unspecified atom stereocenters. The minimum atomic E-state index is -3.53. The second-order valence-electron chi connectivity index (χ2n) is 4.59. The van der Waals surface area contributed by atoms with Crippen LogP contribution in [0.3, 0.4) is 0 Å². The highest BCUT2D eigenvalue weighted by atomic mass is 79.9. The van der Waals surface area contributed by atoms with E-state index in [-0.39, 0.29) is 11.6 Å². The maximum absolute atomic E-state index is 13.7. The molecule has 3 N–H and O–H groups in total. The third-order valence-corrected chi connectivity index (χ3v) is 4.05. The first-order chi connectivity index (χ1) is 9.83. The molecule has 7 heteroatoms. The zero-order valence-corrected chi connectivity index (χ0v) is 13.4. The Kier molecular flexibility index (Phi) is 4.97. The Morgan fingerprint density at radius 3 is 2.38 bits per heavy atom. The topological polar surface area (TPSA) is 72.2 Å². The largest absolute Gasteiger partial charge is 0.381 e. The third-order valence-electron chi connectivity index (χ3n) is 2.82. The van der Waals surface area contributed by atoms with Crippen LogP contribution < -0.4 is 10.5 Å². The Balaban J connectivity index is 2.00. The lowest BCUT2D eigenvalue weighted by molar-refractivity contribution is 0.597. The van der Waals surface area contributed by atoms with E-state index in [4.69, 9.17) is 5.14 Å². The van der Waals surface area contributed by atoms with Crippen molar-refractivity contribution in [3.05, 3.63) is 63.9 Å². The number of hydrogen-bond donors (Lipinski definition) is 2. The number of hydrogen-bond acceptors (Lipinski definition) is 3. The van der Waals surface area contributed by atoms with Crippen LogP contribution in [0.15, 0.2) is 46.9 Å². The van der Waals surface area contributed by atoms with Crippen LogP contribution in [0.2, 0.25) is 0 Å². The summed E-state index contributed by atoms with van der Waals surface area (Å²) in [4.78, 5) is 0. The Morgan fingerprint density at radius 1 is 1.14 bits per heavy atom. The van der Waals surface area contributed by atoms with Crippen molar-refractivity contribution in [2.45, 2.75) is 12.3 Å². The molecule has 0 aliphatic rings. The van der Waals surface area contributed by atoms with Gasteiger partial charge in [-0.2, -0.15) is 0 Å². The first-order valence-corrected chi connectivity index (χ1v) is 8.61. The van der Waals surface area contributed by atoms with Crippen LogP contribution in [-0.4, -0.2) is 8.42 Å². The van der Waals surface area contributed by atoms with Crippen molar-refractivity contribution < 1.29 is 12.8 Å². The molecule has 0 atom stereocenters. The fourth-order valence-corrected chi connectivity index (χ4v) is 2.80. The Labute approximate surface area is 131 Å². The third kappa shape index (κ3) is 5.11. The van der Waals surface area contributed by atoms with E-state index >= 15 is 0 Å². The molecule has 21 heavy (non-hydrogen) atoms. The SMILES string of the molecule is NS(=O)(=O)Cc1ccc(NCc2ccc(Br)cc2F)cc1. The minimum Gasteiger partial charge on any atom is -0.381 e. The van der Waals surface area contributed by atoms with Gasteiger partial charge in [0.05, 0.1) is 5.75 Å². The van der Waals surface area contributed by atoms with Crippen molar-refractivity contribution in [1.82, 2.24) is 0 Å².